The van der Waals surface area contributed by atoms with Gasteiger partial charge in [0.15, 0.2) is 0 Å². The largest absolute Gasteiger partial charge is 0.326 e. The lowest BCUT2D eigenvalue weighted by Gasteiger charge is -2.21. The van der Waals surface area contributed by atoms with Crippen LogP contribution in [0.15, 0.2) is 18.2 Å². The van der Waals surface area contributed by atoms with E-state index in [1.54, 1.807) is 0 Å². The summed E-state index contributed by atoms with van der Waals surface area (Å²) in [6, 6.07) is 6.33. The number of carbonyl (C=O) groups excluding carboxylic acids is 1. The van der Waals surface area contributed by atoms with Crippen LogP contribution in [0.25, 0.3) is 0 Å². The van der Waals surface area contributed by atoms with Crippen molar-refractivity contribution < 1.29 is 4.79 Å². The highest BCUT2D eigenvalue weighted by atomic mass is 16.1. The van der Waals surface area contributed by atoms with Crippen LogP contribution in [0.1, 0.15) is 49.7 Å². The van der Waals surface area contributed by atoms with E-state index in [2.05, 4.69) is 22.8 Å². The average molecular weight is 272 g/mol. The lowest BCUT2D eigenvalue weighted by molar-refractivity contribution is -0.117. The van der Waals surface area contributed by atoms with Crippen molar-refractivity contribution in [3.63, 3.8) is 0 Å². The van der Waals surface area contributed by atoms with E-state index in [0.29, 0.717) is 12.3 Å². The van der Waals surface area contributed by atoms with E-state index in [4.69, 9.17) is 0 Å². The van der Waals surface area contributed by atoms with Crippen LogP contribution in [0.2, 0.25) is 0 Å². The fourth-order valence-corrected chi connectivity index (χ4v) is 3.42. The minimum atomic E-state index is 0.181. The molecule has 1 aromatic carbocycles. The molecule has 3 rings (SSSR count). The maximum atomic E-state index is 12.1. The topological polar surface area (TPSA) is 41.1 Å². The minimum Gasteiger partial charge on any atom is -0.326 e. The molecule has 0 aromatic heterocycles. The molecule has 2 N–H and O–H groups in total. The number of fused-ring (bicyclic) bond motifs is 1. The lowest BCUT2D eigenvalue weighted by atomic mass is 9.87. The Morgan fingerprint density at radius 1 is 1.20 bits per heavy atom. The lowest BCUT2D eigenvalue weighted by Crippen LogP contribution is -2.24. The molecular formula is C17H24N2O. The number of hydrogen-bond acceptors (Lipinski definition) is 2. The summed E-state index contributed by atoms with van der Waals surface area (Å²) in [6.45, 7) is 1.97. The van der Waals surface area contributed by atoms with Gasteiger partial charge in [-0.05, 0) is 55.0 Å². The molecule has 1 aromatic rings. The maximum Gasteiger partial charge on any atom is 0.224 e. The number of anilines is 1. The quantitative estimate of drug-likeness (QED) is 0.887. The smallest absolute Gasteiger partial charge is 0.224 e. The van der Waals surface area contributed by atoms with Crippen molar-refractivity contribution in [2.24, 2.45) is 5.92 Å². The molecule has 3 heteroatoms. The average Bonchev–Trinajstić information content (AvgIpc) is 2.48. The number of hydrogen-bond donors (Lipinski definition) is 2. The Bertz CT molecular complexity index is 478. The van der Waals surface area contributed by atoms with E-state index in [1.807, 2.05) is 6.07 Å². The van der Waals surface area contributed by atoms with Gasteiger partial charge >= 0.3 is 0 Å². The van der Waals surface area contributed by atoms with Gasteiger partial charge in [-0.1, -0.05) is 25.3 Å². The van der Waals surface area contributed by atoms with Gasteiger partial charge in [0.1, 0.15) is 0 Å². The second-order valence-corrected chi connectivity index (χ2v) is 6.17. The molecule has 0 radical (unpaired) electrons. The van der Waals surface area contributed by atoms with Crippen molar-refractivity contribution in [2.45, 2.75) is 51.5 Å². The second-order valence-electron chi connectivity index (χ2n) is 6.17. The standard InChI is InChI=1S/C17H24N2O/c20-17(10-13-4-2-1-3-5-13)19-16-7-6-14-8-9-18-12-15(14)11-16/h6-7,11,13,18H,1-5,8-10,12H2,(H,19,20). The summed E-state index contributed by atoms with van der Waals surface area (Å²) in [5.74, 6) is 0.781. The third-order valence-corrected chi connectivity index (χ3v) is 4.58. The molecule has 1 saturated carbocycles. The van der Waals surface area contributed by atoms with Crippen LogP contribution in [0.3, 0.4) is 0 Å². The summed E-state index contributed by atoms with van der Waals surface area (Å²) in [7, 11) is 0. The Morgan fingerprint density at radius 3 is 2.90 bits per heavy atom. The van der Waals surface area contributed by atoms with Gasteiger partial charge in [0, 0.05) is 18.7 Å². The van der Waals surface area contributed by atoms with Gasteiger partial charge in [-0.3, -0.25) is 4.79 Å². The molecule has 3 nitrogen and oxygen atoms in total. The monoisotopic (exact) mass is 272 g/mol. The number of nitrogens with one attached hydrogen (secondary N) is 2. The van der Waals surface area contributed by atoms with Crippen molar-refractivity contribution >= 4 is 11.6 Å². The Labute approximate surface area is 121 Å². The van der Waals surface area contributed by atoms with E-state index in [1.165, 1.54) is 43.2 Å². The molecule has 1 amide bonds. The van der Waals surface area contributed by atoms with E-state index in [-0.39, 0.29) is 5.91 Å². The summed E-state index contributed by atoms with van der Waals surface area (Å²) in [4.78, 5) is 12.1. The van der Waals surface area contributed by atoms with Gasteiger partial charge in [-0.25, -0.2) is 0 Å². The van der Waals surface area contributed by atoms with Crippen LogP contribution in [-0.4, -0.2) is 12.5 Å². The Kier molecular flexibility index (Phi) is 4.36. The highest BCUT2D eigenvalue weighted by Gasteiger charge is 2.17. The highest BCUT2D eigenvalue weighted by molar-refractivity contribution is 5.91. The van der Waals surface area contributed by atoms with Gasteiger partial charge in [0.2, 0.25) is 5.91 Å². The molecule has 20 heavy (non-hydrogen) atoms. The zero-order valence-electron chi connectivity index (χ0n) is 12.1. The number of benzene rings is 1. The Balaban J connectivity index is 1.58. The first-order chi connectivity index (χ1) is 9.81. The number of carbonyl (C=O) groups is 1. The van der Waals surface area contributed by atoms with Crippen molar-refractivity contribution in [3.05, 3.63) is 29.3 Å². The third kappa shape index (κ3) is 3.40. The predicted molar refractivity (Wildman–Crippen MR) is 81.7 cm³/mol. The third-order valence-electron chi connectivity index (χ3n) is 4.58. The van der Waals surface area contributed by atoms with Crippen LogP contribution in [0, 0.1) is 5.92 Å². The summed E-state index contributed by atoms with van der Waals surface area (Å²) in [6.07, 6.45) is 8.16. The van der Waals surface area contributed by atoms with Gasteiger partial charge in [-0.2, -0.15) is 0 Å². The second kappa shape index (κ2) is 6.40. The first-order valence-corrected chi connectivity index (χ1v) is 7.93. The molecule has 0 saturated heterocycles. The molecule has 0 spiro atoms. The summed E-state index contributed by atoms with van der Waals surface area (Å²) >= 11 is 0. The predicted octanol–water partition coefficient (Wildman–Crippen LogP) is 3.24. The van der Waals surface area contributed by atoms with E-state index >= 15 is 0 Å². The Hall–Kier alpha value is -1.35. The van der Waals surface area contributed by atoms with Crippen molar-refractivity contribution in [2.75, 3.05) is 11.9 Å². The summed E-state index contributed by atoms with van der Waals surface area (Å²) in [5.41, 5.74) is 3.69. The maximum absolute atomic E-state index is 12.1. The Morgan fingerprint density at radius 2 is 2.05 bits per heavy atom. The molecule has 0 atom stereocenters. The minimum absolute atomic E-state index is 0.181. The molecule has 2 aliphatic rings. The fraction of sp³-hybridized carbons (Fsp3) is 0.588. The van der Waals surface area contributed by atoms with E-state index in [9.17, 15) is 4.79 Å². The SMILES string of the molecule is O=C(CC1CCCCC1)Nc1ccc2c(c1)CNCC2. The van der Waals surface area contributed by atoms with Gasteiger partial charge in [0.25, 0.3) is 0 Å². The zero-order valence-corrected chi connectivity index (χ0v) is 12.1. The van der Waals surface area contributed by atoms with E-state index < -0.39 is 0 Å². The summed E-state index contributed by atoms with van der Waals surface area (Å²) < 4.78 is 0. The summed E-state index contributed by atoms with van der Waals surface area (Å²) in [5, 5.41) is 6.45. The molecule has 1 aliphatic carbocycles. The first kappa shape index (κ1) is 13.6. The van der Waals surface area contributed by atoms with Gasteiger partial charge < -0.3 is 10.6 Å². The van der Waals surface area contributed by atoms with Gasteiger partial charge in [0.05, 0.1) is 0 Å². The van der Waals surface area contributed by atoms with Crippen LogP contribution >= 0.6 is 0 Å². The van der Waals surface area contributed by atoms with Crippen molar-refractivity contribution in [1.82, 2.24) is 5.32 Å². The molecule has 1 fully saturated rings. The normalized spacial score (nSPS) is 19.4. The fourth-order valence-electron chi connectivity index (χ4n) is 3.42. The highest BCUT2D eigenvalue weighted by Crippen LogP contribution is 2.27. The molecule has 108 valence electrons. The van der Waals surface area contributed by atoms with Crippen LogP contribution in [-0.2, 0) is 17.8 Å². The van der Waals surface area contributed by atoms with Gasteiger partial charge in [-0.15, -0.1) is 0 Å². The number of amides is 1. The van der Waals surface area contributed by atoms with Crippen molar-refractivity contribution in [1.29, 1.82) is 0 Å². The van der Waals surface area contributed by atoms with Crippen LogP contribution in [0.4, 0.5) is 5.69 Å². The molecule has 1 aliphatic heterocycles. The van der Waals surface area contributed by atoms with Crippen molar-refractivity contribution in [3.8, 4) is 0 Å². The van der Waals surface area contributed by atoms with Crippen LogP contribution in [0.5, 0.6) is 0 Å². The van der Waals surface area contributed by atoms with E-state index in [0.717, 1.165) is 25.2 Å². The molecule has 1 heterocycles. The zero-order chi connectivity index (χ0) is 13.8. The molecule has 0 unspecified atom stereocenters. The van der Waals surface area contributed by atoms with Crippen LogP contribution < -0.4 is 10.6 Å². The first-order valence-electron chi connectivity index (χ1n) is 7.93. The molecule has 0 bridgehead atoms. The molecular weight excluding hydrogens is 248 g/mol. The number of rotatable bonds is 3.